The molecule has 1 aromatic heterocycles. The van der Waals surface area contributed by atoms with E-state index in [0.717, 1.165) is 11.4 Å². The van der Waals surface area contributed by atoms with Crippen molar-refractivity contribution < 1.29 is 9.90 Å². The molecule has 5 heteroatoms. The highest BCUT2D eigenvalue weighted by Crippen LogP contribution is 2.14. The Morgan fingerprint density at radius 2 is 1.95 bits per heavy atom. The molecule has 1 atom stereocenters. The van der Waals surface area contributed by atoms with Gasteiger partial charge in [0.15, 0.2) is 5.69 Å². The molecule has 1 N–H and O–H groups in total. The van der Waals surface area contributed by atoms with Crippen molar-refractivity contribution in [3.05, 3.63) is 47.3 Å². The van der Waals surface area contributed by atoms with Crippen LogP contribution in [0.1, 0.15) is 35.1 Å². The smallest absolute Gasteiger partial charge is 0.274 e. The molecule has 118 valence electrons. The summed E-state index contributed by atoms with van der Waals surface area (Å²) in [5, 5.41) is 13.7. The first kappa shape index (κ1) is 16.2. The molecular formula is C17H23N3O2. The van der Waals surface area contributed by atoms with Gasteiger partial charge >= 0.3 is 0 Å². The summed E-state index contributed by atoms with van der Waals surface area (Å²) < 4.78 is 1.77. The summed E-state index contributed by atoms with van der Waals surface area (Å²) in [6, 6.07) is 9.81. The second-order valence-corrected chi connectivity index (χ2v) is 5.78. The number of benzene rings is 1. The first-order valence-electron chi connectivity index (χ1n) is 7.45. The molecule has 0 saturated heterocycles. The standard InChI is InChI=1S/C17H23N3O2/c1-12-5-7-15(8-6-12)20-13(2)11-16(18-20)17(22)19(4)10-9-14(3)21/h5-8,11,14,21H,9-10H2,1-4H3. The molecule has 2 aromatic rings. The second kappa shape index (κ2) is 6.75. The zero-order valence-electron chi connectivity index (χ0n) is 13.6. The van der Waals surface area contributed by atoms with Crippen molar-refractivity contribution in [1.29, 1.82) is 0 Å². The Morgan fingerprint density at radius 1 is 1.32 bits per heavy atom. The van der Waals surface area contributed by atoms with Gasteiger partial charge in [-0.3, -0.25) is 4.79 Å². The number of aryl methyl sites for hydroxylation is 2. The summed E-state index contributed by atoms with van der Waals surface area (Å²) in [6.45, 7) is 6.19. The van der Waals surface area contributed by atoms with Crippen LogP contribution in [0.4, 0.5) is 0 Å². The summed E-state index contributed by atoms with van der Waals surface area (Å²) in [5.41, 5.74) is 3.46. The van der Waals surface area contributed by atoms with Gasteiger partial charge < -0.3 is 10.0 Å². The number of rotatable bonds is 5. The fourth-order valence-electron chi connectivity index (χ4n) is 2.20. The van der Waals surface area contributed by atoms with Gasteiger partial charge in [-0.25, -0.2) is 4.68 Å². The molecule has 1 amide bonds. The zero-order chi connectivity index (χ0) is 16.3. The van der Waals surface area contributed by atoms with Crippen LogP contribution >= 0.6 is 0 Å². The molecule has 0 aliphatic carbocycles. The third-order valence-electron chi connectivity index (χ3n) is 3.61. The van der Waals surface area contributed by atoms with Crippen molar-refractivity contribution in [3.63, 3.8) is 0 Å². The van der Waals surface area contributed by atoms with E-state index in [0.29, 0.717) is 18.7 Å². The Bertz CT molecular complexity index is 644. The molecule has 0 radical (unpaired) electrons. The van der Waals surface area contributed by atoms with Gasteiger partial charge in [0.25, 0.3) is 5.91 Å². The third-order valence-corrected chi connectivity index (χ3v) is 3.61. The van der Waals surface area contributed by atoms with Crippen molar-refractivity contribution in [2.75, 3.05) is 13.6 Å². The summed E-state index contributed by atoms with van der Waals surface area (Å²) >= 11 is 0. The molecule has 1 aromatic carbocycles. The minimum Gasteiger partial charge on any atom is -0.393 e. The number of carbonyl (C=O) groups excluding carboxylic acids is 1. The van der Waals surface area contributed by atoms with Crippen molar-refractivity contribution >= 4 is 5.91 Å². The maximum Gasteiger partial charge on any atom is 0.274 e. The second-order valence-electron chi connectivity index (χ2n) is 5.78. The average molecular weight is 301 g/mol. The molecule has 0 aliphatic heterocycles. The first-order valence-corrected chi connectivity index (χ1v) is 7.45. The van der Waals surface area contributed by atoms with Crippen LogP contribution in [-0.2, 0) is 0 Å². The zero-order valence-corrected chi connectivity index (χ0v) is 13.6. The maximum absolute atomic E-state index is 12.4. The molecule has 22 heavy (non-hydrogen) atoms. The fourth-order valence-corrected chi connectivity index (χ4v) is 2.20. The number of aliphatic hydroxyl groups excluding tert-OH is 1. The first-order chi connectivity index (χ1) is 10.4. The normalized spacial score (nSPS) is 12.2. The van der Waals surface area contributed by atoms with Crippen LogP contribution < -0.4 is 0 Å². The van der Waals surface area contributed by atoms with E-state index >= 15 is 0 Å². The van der Waals surface area contributed by atoms with Crippen LogP contribution in [0.2, 0.25) is 0 Å². The highest BCUT2D eigenvalue weighted by Gasteiger charge is 2.17. The quantitative estimate of drug-likeness (QED) is 0.922. The number of carbonyl (C=O) groups is 1. The Balaban J connectivity index is 2.18. The number of hydrogen-bond donors (Lipinski definition) is 1. The van der Waals surface area contributed by atoms with Crippen molar-refractivity contribution in [3.8, 4) is 5.69 Å². The Kier molecular flexibility index (Phi) is 4.98. The number of hydrogen-bond acceptors (Lipinski definition) is 3. The predicted molar refractivity (Wildman–Crippen MR) is 86.3 cm³/mol. The molecule has 1 heterocycles. The van der Waals surface area contributed by atoms with E-state index in [2.05, 4.69) is 5.10 Å². The molecule has 1 unspecified atom stereocenters. The number of aromatic nitrogens is 2. The number of amides is 1. The monoisotopic (exact) mass is 301 g/mol. The Morgan fingerprint density at radius 3 is 2.55 bits per heavy atom. The molecule has 2 rings (SSSR count). The lowest BCUT2D eigenvalue weighted by molar-refractivity contribution is 0.0763. The Hall–Kier alpha value is -2.14. The summed E-state index contributed by atoms with van der Waals surface area (Å²) in [7, 11) is 1.73. The van der Waals surface area contributed by atoms with E-state index in [4.69, 9.17) is 0 Å². The lowest BCUT2D eigenvalue weighted by Gasteiger charge is -2.16. The Labute approximate surface area is 131 Å². The van der Waals surface area contributed by atoms with E-state index in [1.54, 1.807) is 29.6 Å². The van der Waals surface area contributed by atoms with E-state index in [9.17, 15) is 9.90 Å². The van der Waals surface area contributed by atoms with Crippen molar-refractivity contribution in [1.82, 2.24) is 14.7 Å². The molecule has 0 aliphatic rings. The lowest BCUT2D eigenvalue weighted by atomic mass is 10.2. The summed E-state index contributed by atoms with van der Waals surface area (Å²) in [6.07, 6.45) is 0.141. The molecule has 5 nitrogen and oxygen atoms in total. The summed E-state index contributed by atoms with van der Waals surface area (Å²) in [5.74, 6) is -0.130. The summed E-state index contributed by atoms with van der Waals surface area (Å²) in [4.78, 5) is 14.0. The van der Waals surface area contributed by atoms with Crippen LogP contribution in [0, 0.1) is 13.8 Å². The SMILES string of the molecule is Cc1ccc(-n2nc(C(=O)N(C)CCC(C)O)cc2C)cc1. The van der Waals surface area contributed by atoms with Gasteiger partial charge in [-0.15, -0.1) is 0 Å². The van der Waals surface area contributed by atoms with Crippen LogP contribution in [0.3, 0.4) is 0 Å². The fraction of sp³-hybridized carbons (Fsp3) is 0.412. The van der Waals surface area contributed by atoms with E-state index in [1.807, 2.05) is 38.1 Å². The van der Waals surface area contributed by atoms with Crippen LogP contribution in [0.5, 0.6) is 0 Å². The van der Waals surface area contributed by atoms with E-state index < -0.39 is 6.10 Å². The average Bonchev–Trinajstić information content (AvgIpc) is 2.86. The van der Waals surface area contributed by atoms with Gasteiger partial charge in [0, 0.05) is 19.3 Å². The van der Waals surface area contributed by atoms with Crippen LogP contribution in [0.15, 0.2) is 30.3 Å². The number of nitrogens with zero attached hydrogens (tertiary/aromatic N) is 3. The highest BCUT2D eigenvalue weighted by atomic mass is 16.3. The van der Waals surface area contributed by atoms with Crippen molar-refractivity contribution in [2.45, 2.75) is 33.3 Å². The number of aliphatic hydroxyl groups is 1. The predicted octanol–water partition coefficient (Wildman–Crippen LogP) is 2.33. The molecule has 0 fully saturated rings. The van der Waals surface area contributed by atoms with Gasteiger partial charge in [-0.1, -0.05) is 17.7 Å². The van der Waals surface area contributed by atoms with Gasteiger partial charge in [0.1, 0.15) is 0 Å². The maximum atomic E-state index is 12.4. The van der Waals surface area contributed by atoms with Crippen molar-refractivity contribution in [2.24, 2.45) is 0 Å². The highest BCUT2D eigenvalue weighted by molar-refractivity contribution is 5.92. The van der Waals surface area contributed by atoms with Gasteiger partial charge in [0.2, 0.25) is 0 Å². The molecule has 0 saturated carbocycles. The largest absolute Gasteiger partial charge is 0.393 e. The van der Waals surface area contributed by atoms with Crippen LogP contribution in [0.25, 0.3) is 5.69 Å². The molecule has 0 spiro atoms. The lowest BCUT2D eigenvalue weighted by Crippen LogP contribution is -2.29. The van der Waals surface area contributed by atoms with Gasteiger partial charge in [-0.2, -0.15) is 5.10 Å². The van der Waals surface area contributed by atoms with Crippen LogP contribution in [-0.4, -0.2) is 45.4 Å². The minimum absolute atomic E-state index is 0.130. The molecular weight excluding hydrogens is 278 g/mol. The van der Waals surface area contributed by atoms with Gasteiger partial charge in [0.05, 0.1) is 11.8 Å². The van der Waals surface area contributed by atoms with Gasteiger partial charge in [-0.05, 0) is 45.4 Å². The third kappa shape index (κ3) is 3.74. The van der Waals surface area contributed by atoms with E-state index in [1.165, 1.54) is 5.56 Å². The topological polar surface area (TPSA) is 58.4 Å². The molecule has 0 bridgehead atoms. The minimum atomic E-state index is -0.415. The van der Waals surface area contributed by atoms with E-state index in [-0.39, 0.29) is 5.91 Å².